The van der Waals surface area contributed by atoms with Crippen LogP contribution in [0.15, 0.2) is 4.99 Å². The van der Waals surface area contributed by atoms with Crippen molar-refractivity contribution in [2.75, 3.05) is 20.2 Å². The molecule has 1 rings (SSSR count). The molecule has 1 aliphatic rings. The molecule has 0 aromatic rings. The van der Waals surface area contributed by atoms with Crippen molar-refractivity contribution >= 4 is 5.96 Å². The second-order valence-electron chi connectivity index (χ2n) is 4.25. The van der Waals surface area contributed by atoms with Gasteiger partial charge < -0.3 is 9.64 Å². The Morgan fingerprint density at radius 2 is 2.38 bits per heavy atom. The van der Waals surface area contributed by atoms with Gasteiger partial charge in [0.25, 0.3) is 0 Å². The van der Waals surface area contributed by atoms with E-state index in [-0.39, 0.29) is 6.10 Å². The topological polar surface area (TPSA) is 62.9 Å². The highest BCUT2D eigenvalue weighted by Crippen LogP contribution is 2.18. The van der Waals surface area contributed by atoms with Gasteiger partial charge in [0.1, 0.15) is 0 Å². The van der Waals surface area contributed by atoms with Crippen molar-refractivity contribution in [3.05, 3.63) is 0 Å². The molecule has 2 atom stereocenters. The Hall–Kier alpha value is -0.810. The quantitative estimate of drug-likeness (QED) is 0.245. The predicted molar refractivity (Wildman–Crippen MR) is 66.1 cm³/mol. The number of likely N-dealkylation sites (N-methyl/N-ethyl adjacent to an activating group) is 1. The van der Waals surface area contributed by atoms with E-state index < -0.39 is 0 Å². The highest BCUT2D eigenvalue weighted by atomic mass is 16.5. The second-order valence-corrected chi connectivity index (χ2v) is 4.25. The largest absolute Gasteiger partial charge is 0.376 e. The number of hydrogen-bond acceptors (Lipinski definition) is 3. The van der Waals surface area contributed by atoms with E-state index in [0.29, 0.717) is 6.04 Å². The van der Waals surface area contributed by atoms with E-state index in [0.717, 1.165) is 38.4 Å². The number of hydrogen-bond donors (Lipinski definition) is 2. The summed E-state index contributed by atoms with van der Waals surface area (Å²) in [6.07, 6.45) is 3.52. The van der Waals surface area contributed by atoms with Crippen LogP contribution < -0.4 is 11.3 Å². The van der Waals surface area contributed by atoms with Gasteiger partial charge in [0.2, 0.25) is 5.96 Å². The lowest BCUT2D eigenvalue weighted by Gasteiger charge is -2.29. The molecule has 0 aliphatic carbocycles. The van der Waals surface area contributed by atoms with Crippen molar-refractivity contribution in [3.63, 3.8) is 0 Å². The summed E-state index contributed by atoms with van der Waals surface area (Å²) in [4.78, 5) is 6.55. The smallest absolute Gasteiger partial charge is 0.208 e. The van der Waals surface area contributed by atoms with Crippen LogP contribution in [0.4, 0.5) is 0 Å². The molecule has 5 heteroatoms. The second kappa shape index (κ2) is 6.70. The third-order valence-corrected chi connectivity index (χ3v) is 3.07. The van der Waals surface area contributed by atoms with Crippen LogP contribution in [0.1, 0.15) is 33.1 Å². The molecule has 0 bridgehead atoms. The molecule has 3 N–H and O–H groups in total. The zero-order valence-electron chi connectivity index (χ0n) is 10.6. The number of aliphatic imine (C=N–C) groups is 1. The number of nitrogens with one attached hydrogen (secondary N) is 1. The molecule has 0 aromatic carbocycles. The first-order valence-electron chi connectivity index (χ1n) is 6.06. The molecule has 16 heavy (non-hydrogen) atoms. The molecule has 2 unspecified atom stereocenters. The summed E-state index contributed by atoms with van der Waals surface area (Å²) in [7, 11) is 2.01. The summed E-state index contributed by atoms with van der Waals surface area (Å²) in [5, 5.41) is 0. The lowest BCUT2D eigenvalue weighted by atomic mass is 10.1. The van der Waals surface area contributed by atoms with Gasteiger partial charge in [-0.2, -0.15) is 0 Å². The standard InChI is InChI=1S/C11H24N4O/c1-4-5-7-13-11(14-12)15(3)10-6-8-16-9(10)2/h9-10H,4-8,12H2,1-3H3,(H,13,14). The van der Waals surface area contributed by atoms with Crippen molar-refractivity contribution < 1.29 is 4.74 Å². The Bertz CT molecular complexity index is 232. The van der Waals surface area contributed by atoms with Gasteiger partial charge in [-0.25, -0.2) is 5.84 Å². The molecule has 0 amide bonds. The Morgan fingerprint density at radius 3 is 2.88 bits per heavy atom. The van der Waals surface area contributed by atoms with E-state index in [4.69, 9.17) is 10.6 Å². The Balaban J connectivity index is 2.54. The van der Waals surface area contributed by atoms with Crippen LogP contribution in [0.25, 0.3) is 0 Å². The molecule has 1 aliphatic heterocycles. The molecule has 1 saturated heterocycles. The van der Waals surface area contributed by atoms with Crippen LogP contribution in [0.5, 0.6) is 0 Å². The SMILES string of the molecule is CCCCN=C(NN)N(C)C1CCOC1C. The number of rotatable bonds is 4. The number of unbranched alkanes of at least 4 members (excludes halogenated alkanes) is 1. The van der Waals surface area contributed by atoms with Crippen LogP contribution in [-0.4, -0.2) is 43.2 Å². The molecular formula is C11H24N4O. The maximum absolute atomic E-state index is 5.54. The summed E-state index contributed by atoms with van der Waals surface area (Å²) >= 11 is 0. The zero-order chi connectivity index (χ0) is 12.0. The minimum absolute atomic E-state index is 0.245. The number of nitrogens with zero attached hydrogens (tertiary/aromatic N) is 2. The summed E-state index contributed by atoms with van der Waals surface area (Å²) in [5.74, 6) is 6.27. The highest BCUT2D eigenvalue weighted by molar-refractivity contribution is 5.79. The molecular weight excluding hydrogens is 204 g/mol. The van der Waals surface area contributed by atoms with Gasteiger partial charge in [-0.15, -0.1) is 0 Å². The van der Waals surface area contributed by atoms with Crippen molar-refractivity contribution in [1.82, 2.24) is 10.3 Å². The average molecular weight is 228 g/mol. The average Bonchev–Trinajstić information content (AvgIpc) is 2.70. The molecule has 1 heterocycles. The van der Waals surface area contributed by atoms with Gasteiger partial charge in [-0.1, -0.05) is 13.3 Å². The van der Waals surface area contributed by atoms with Crippen LogP contribution in [0.3, 0.4) is 0 Å². The lowest BCUT2D eigenvalue weighted by Crippen LogP contribution is -2.49. The molecule has 0 aromatic heterocycles. The van der Waals surface area contributed by atoms with Gasteiger partial charge in [-0.3, -0.25) is 10.4 Å². The highest BCUT2D eigenvalue weighted by Gasteiger charge is 2.29. The zero-order valence-corrected chi connectivity index (χ0v) is 10.6. The minimum Gasteiger partial charge on any atom is -0.376 e. The van der Waals surface area contributed by atoms with Crippen molar-refractivity contribution in [1.29, 1.82) is 0 Å². The number of guanidine groups is 1. The molecule has 0 spiro atoms. The summed E-state index contributed by atoms with van der Waals surface area (Å²) in [6, 6.07) is 0.372. The van der Waals surface area contributed by atoms with Gasteiger partial charge in [-0.05, 0) is 19.8 Å². The minimum atomic E-state index is 0.245. The summed E-state index contributed by atoms with van der Waals surface area (Å²) in [6.45, 7) is 5.89. The Morgan fingerprint density at radius 1 is 1.62 bits per heavy atom. The fourth-order valence-electron chi connectivity index (χ4n) is 1.99. The lowest BCUT2D eigenvalue weighted by molar-refractivity contribution is 0.0991. The van der Waals surface area contributed by atoms with Crippen molar-refractivity contribution in [3.8, 4) is 0 Å². The molecule has 94 valence electrons. The number of hydrazine groups is 1. The van der Waals surface area contributed by atoms with Gasteiger partial charge in [0, 0.05) is 20.2 Å². The summed E-state index contributed by atoms with van der Waals surface area (Å²) in [5.41, 5.74) is 2.68. The molecule has 5 nitrogen and oxygen atoms in total. The monoisotopic (exact) mass is 228 g/mol. The van der Waals surface area contributed by atoms with Crippen LogP contribution in [0, 0.1) is 0 Å². The van der Waals surface area contributed by atoms with E-state index in [1.165, 1.54) is 0 Å². The maximum Gasteiger partial charge on any atom is 0.208 e. The third-order valence-electron chi connectivity index (χ3n) is 3.07. The Labute approximate surface area is 98.0 Å². The first-order valence-corrected chi connectivity index (χ1v) is 6.06. The maximum atomic E-state index is 5.54. The van der Waals surface area contributed by atoms with Crippen LogP contribution in [0.2, 0.25) is 0 Å². The number of nitrogens with two attached hydrogens (primary N) is 1. The van der Waals surface area contributed by atoms with Crippen molar-refractivity contribution in [2.24, 2.45) is 10.8 Å². The summed E-state index contributed by atoms with van der Waals surface area (Å²) < 4.78 is 5.54. The van der Waals surface area contributed by atoms with E-state index in [2.05, 4.69) is 29.2 Å². The van der Waals surface area contributed by atoms with Gasteiger partial charge >= 0.3 is 0 Å². The van der Waals surface area contributed by atoms with Gasteiger partial charge in [0.05, 0.1) is 12.1 Å². The normalized spacial score (nSPS) is 25.9. The van der Waals surface area contributed by atoms with Crippen LogP contribution in [-0.2, 0) is 4.74 Å². The van der Waals surface area contributed by atoms with Crippen LogP contribution >= 0.6 is 0 Å². The fourth-order valence-corrected chi connectivity index (χ4v) is 1.99. The van der Waals surface area contributed by atoms with E-state index >= 15 is 0 Å². The molecule has 0 radical (unpaired) electrons. The fraction of sp³-hybridized carbons (Fsp3) is 0.909. The van der Waals surface area contributed by atoms with E-state index in [1.54, 1.807) is 0 Å². The first-order chi connectivity index (χ1) is 7.70. The third kappa shape index (κ3) is 3.35. The number of ether oxygens (including phenoxy) is 1. The molecule has 1 fully saturated rings. The first kappa shape index (κ1) is 13.3. The van der Waals surface area contributed by atoms with Gasteiger partial charge in [0.15, 0.2) is 0 Å². The Kier molecular flexibility index (Phi) is 5.55. The van der Waals surface area contributed by atoms with E-state index in [1.807, 2.05) is 7.05 Å². The van der Waals surface area contributed by atoms with E-state index in [9.17, 15) is 0 Å². The van der Waals surface area contributed by atoms with Crippen molar-refractivity contribution in [2.45, 2.75) is 45.3 Å². The predicted octanol–water partition coefficient (Wildman–Crippen LogP) is 0.715. The molecule has 0 saturated carbocycles.